The van der Waals surface area contributed by atoms with Gasteiger partial charge in [0.25, 0.3) is 0 Å². The molecule has 5 nitrogen and oxygen atoms in total. The van der Waals surface area contributed by atoms with Gasteiger partial charge in [-0.15, -0.1) is 0 Å². The molecule has 0 aliphatic rings. The van der Waals surface area contributed by atoms with Crippen molar-refractivity contribution in [3.8, 4) is 6.07 Å². The topological polar surface area (TPSA) is 90.2 Å². The molecule has 2 atom stereocenters. The smallest absolute Gasteiger partial charge is 0.326 e. The Kier molecular flexibility index (Phi) is 6.24. The average molecular weight is 274 g/mol. The molecule has 0 spiro atoms. The first-order valence-corrected chi connectivity index (χ1v) is 6.47. The summed E-state index contributed by atoms with van der Waals surface area (Å²) in [5, 5.41) is 20.2. The van der Waals surface area contributed by atoms with Crippen molar-refractivity contribution in [2.45, 2.75) is 32.2 Å². The lowest BCUT2D eigenvalue weighted by Crippen LogP contribution is -2.45. The lowest BCUT2D eigenvalue weighted by Gasteiger charge is -2.19. The van der Waals surface area contributed by atoms with Gasteiger partial charge in [-0.05, 0) is 12.0 Å². The van der Waals surface area contributed by atoms with E-state index in [2.05, 4.69) is 5.32 Å². The molecule has 106 valence electrons. The Morgan fingerprint density at radius 1 is 1.35 bits per heavy atom. The lowest BCUT2D eigenvalue weighted by molar-refractivity contribution is -0.143. The summed E-state index contributed by atoms with van der Waals surface area (Å²) < 4.78 is 0. The number of aryl methyl sites for hydroxylation is 1. The number of carbonyl (C=O) groups is 2. The van der Waals surface area contributed by atoms with E-state index in [0.717, 1.165) is 5.56 Å². The number of nitriles is 1. The summed E-state index contributed by atoms with van der Waals surface area (Å²) in [6, 6.07) is 10.4. The van der Waals surface area contributed by atoms with Crippen LogP contribution in [0, 0.1) is 17.2 Å². The molecule has 1 rings (SSSR count). The minimum absolute atomic E-state index is 0.0932. The summed E-state index contributed by atoms with van der Waals surface area (Å²) in [7, 11) is 0. The van der Waals surface area contributed by atoms with Crippen LogP contribution in [0.15, 0.2) is 30.3 Å². The van der Waals surface area contributed by atoms with Gasteiger partial charge in [-0.1, -0.05) is 37.3 Å². The molecule has 0 saturated heterocycles. The Morgan fingerprint density at radius 2 is 2.00 bits per heavy atom. The van der Waals surface area contributed by atoms with E-state index in [9.17, 15) is 9.59 Å². The van der Waals surface area contributed by atoms with Crippen LogP contribution in [0.4, 0.5) is 0 Å². The fourth-order valence-electron chi connectivity index (χ4n) is 1.86. The van der Waals surface area contributed by atoms with Crippen molar-refractivity contribution in [2.75, 3.05) is 0 Å². The summed E-state index contributed by atoms with van der Waals surface area (Å²) in [5.41, 5.74) is 1.03. The lowest BCUT2D eigenvalue weighted by atomic mass is 9.98. The highest BCUT2D eigenvalue weighted by molar-refractivity contribution is 5.83. The average Bonchev–Trinajstić information content (AvgIpc) is 2.43. The molecule has 0 aliphatic heterocycles. The SMILES string of the molecule is C[C@@H](CC#N)[C@H](NC(=O)CCc1ccccc1)C(=O)O. The van der Waals surface area contributed by atoms with Crippen LogP contribution in [-0.2, 0) is 16.0 Å². The molecule has 0 aromatic heterocycles. The Labute approximate surface area is 118 Å². The zero-order chi connectivity index (χ0) is 15.0. The molecule has 0 saturated carbocycles. The molecule has 0 radical (unpaired) electrons. The highest BCUT2D eigenvalue weighted by atomic mass is 16.4. The van der Waals surface area contributed by atoms with Crippen molar-refractivity contribution in [3.63, 3.8) is 0 Å². The number of benzene rings is 1. The minimum Gasteiger partial charge on any atom is -0.480 e. The Balaban J connectivity index is 2.50. The first kappa shape index (κ1) is 15.7. The minimum atomic E-state index is -1.11. The maximum Gasteiger partial charge on any atom is 0.326 e. The maximum absolute atomic E-state index is 11.8. The van der Waals surface area contributed by atoms with E-state index >= 15 is 0 Å². The largest absolute Gasteiger partial charge is 0.480 e. The van der Waals surface area contributed by atoms with Gasteiger partial charge >= 0.3 is 5.97 Å². The van der Waals surface area contributed by atoms with E-state index in [0.29, 0.717) is 6.42 Å². The second kappa shape index (κ2) is 7.95. The predicted octanol–water partition coefficient (Wildman–Crippen LogP) is 1.74. The van der Waals surface area contributed by atoms with Gasteiger partial charge in [-0.2, -0.15) is 5.26 Å². The van der Waals surface area contributed by atoms with E-state index in [1.807, 2.05) is 36.4 Å². The molecule has 20 heavy (non-hydrogen) atoms. The Hall–Kier alpha value is -2.35. The van der Waals surface area contributed by atoms with Crippen molar-refractivity contribution < 1.29 is 14.7 Å². The van der Waals surface area contributed by atoms with Gasteiger partial charge < -0.3 is 10.4 Å². The van der Waals surface area contributed by atoms with Gasteiger partial charge in [0.2, 0.25) is 5.91 Å². The van der Waals surface area contributed by atoms with Gasteiger partial charge in [-0.3, -0.25) is 4.79 Å². The van der Waals surface area contributed by atoms with Crippen molar-refractivity contribution in [1.82, 2.24) is 5.32 Å². The number of hydrogen-bond acceptors (Lipinski definition) is 3. The highest BCUT2D eigenvalue weighted by Gasteiger charge is 2.26. The molecule has 0 unspecified atom stereocenters. The normalized spacial score (nSPS) is 13.0. The van der Waals surface area contributed by atoms with Crippen LogP contribution in [0.2, 0.25) is 0 Å². The van der Waals surface area contributed by atoms with E-state index < -0.39 is 17.9 Å². The summed E-state index contributed by atoms with van der Waals surface area (Å²) >= 11 is 0. The number of rotatable bonds is 7. The van der Waals surface area contributed by atoms with E-state index in [4.69, 9.17) is 10.4 Å². The van der Waals surface area contributed by atoms with Crippen molar-refractivity contribution in [2.24, 2.45) is 5.92 Å². The molecule has 0 heterocycles. The molecule has 2 N–H and O–H groups in total. The third-order valence-corrected chi connectivity index (χ3v) is 3.05. The standard InChI is InChI=1S/C15H18N2O3/c1-11(9-10-16)14(15(19)20)17-13(18)8-7-12-5-3-2-4-6-12/h2-6,11,14H,7-9H2,1H3,(H,17,18)(H,19,20)/t11-,14-/m0/s1. The zero-order valence-corrected chi connectivity index (χ0v) is 11.4. The summed E-state index contributed by atoms with van der Waals surface area (Å²) in [6.45, 7) is 1.64. The maximum atomic E-state index is 11.8. The Bertz CT molecular complexity index is 494. The van der Waals surface area contributed by atoms with Crippen LogP contribution in [0.3, 0.4) is 0 Å². The van der Waals surface area contributed by atoms with Crippen molar-refractivity contribution >= 4 is 11.9 Å². The van der Waals surface area contributed by atoms with Gasteiger partial charge in [0.05, 0.1) is 6.07 Å². The quantitative estimate of drug-likeness (QED) is 0.792. The second-order valence-electron chi connectivity index (χ2n) is 4.71. The number of nitrogens with one attached hydrogen (secondary N) is 1. The van der Waals surface area contributed by atoms with Crippen LogP contribution in [0.5, 0.6) is 0 Å². The summed E-state index contributed by atoms with van der Waals surface area (Å²) in [6.07, 6.45) is 0.884. The van der Waals surface area contributed by atoms with Crippen LogP contribution in [-0.4, -0.2) is 23.0 Å². The number of aliphatic carboxylic acids is 1. The number of carboxylic acids is 1. The fraction of sp³-hybridized carbons (Fsp3) is 0.400. The molecule has 1 amide bonds. The third kappa shape index (κ3) is 5.11. The molecular weight excluding hydrogens is 256 g/mol. The van der Waals surface area contributed by atoms with Crippen LogP contribution in [0.1, 0.15) is 25.3 Å². The molecule has 0 aliphatic carbocycles. The molecule has 0 bridgehead atoms. The molecule has 5 heteroatoms. The first-order chi connectivity index (χ1) is 9.54. The zero-order valence-electron chi connectivity index (χ0n) is 11.4. The van der Waals surface area contributed by atoms with E-state index in [1.165, 1.54) is 0 Å². The van der Waals surface area contributed by atoms with Crippen LogP contribution >= 0.6 is 0 Å². The van der Waals surface area contributed by atoms with Gasteiger partial charge in [0.15, 0.2) is 0 Å². The van der Waals surface area contributed by atoms with Crippen molar-refractivity contribution in [3.05, 3.63) is 35.9 Å². The number of carboxylic acid groups (broad SMARTS) is 1. The van der Waals surface area contributed by atoms with E-state index in [-0.39, 0.29) is 18.7 Å². The highest BCUT2D eigenvalue weighted by Crippen LogP contribution is 2.09. The number of hydrogen-bond donors (Lipinski definition) is 2. The Morgan fingerprint density at radius 3 is 2.55 bits per heavy atom. The van der Waals surface area contributed by atoms with Crippen LogP contribution < -0.4 is 5.32 Å². The number of carbonyl (C=O) groups excluding carboxylic acids is 1. The second-order valence-corrected chi connectivity index (χ2v) is 4.71. The fourth-order valence-corrected chi connectivity index (χ4v) is 1.86. The monoisotopic (exact) mass is 274 g/mol. The van der Waals surface area contributed by atoms with Crippen LogP contribution in [0.25, 0.3) is 0 Å². The molecule has 1 aromatic carbocycles. The number of amides is 1. The van der Waals surface area contributed by atoms with Gasteiger partial charge in [-0.25, -0.2) is 4.79 Å². The molecular formula is C15H18N2O3. The summed E-state index contributed by atoms with van der Waals surface area (Å²) in [4.78, 5) is 22.9. The van der Waals surface area contributed by atoms with Crippen molar-refractivity contribution in [1.29, 1.82) is 5.26 Å². The molecule has 0 fully saturated rings. The third-order valence-electron chi connectivity index (χ3n) is 3.05. The number of nitrogens with zero attached hydrogens (tertiary/aromatic N) is 1. The first-order valence-electron chi connectivity index (χ1n) is 6.47. The van der Waals surface area contributed by atoms with Gasteiger partial charge in [0.1, 0.15) is 6.04 Å². The van der Waals surface area contributed by atoms with E-state index in [1.54, 1.807) is 6.92 Å². The predicted molar refractivity (Wildman–Crippen MR) is 73.7 cm³/mol. The molecule has 1 aromatic rings. The van der Waals surface area contributed by atoms with Gasteiger partial charge in [0, 0.05) is 18.8 Å². The summed E-state index contributed by atoms with van der Waals surface area (Å²) in [5.74, 6) is -1.84.